The summed E-state index contributed by atoms with van der Waals surface area (Å²) in [6, 6.07) is 5.88. The third-order valence-corrected chi connectivity index (χ3v) is 3.76. The number of amides is 1. The van der Waals surface area contributed by atoms with Crippen LogP contribution in [0.3, 0.4) is 0 Å². The summed E-state index contributed by atoms with van der Waals surface area (Å²) in [6.07, 6.45) is 5.95. The SMILES string of the molecule is Cl.Cl.NC[C@H]1CC[C@@H](C(=O)NCCc2cn3ccccc3n2)O1. The highest BCUT2D eigenvalue weighted by Gasteiger charge is 2.29. The Morgan fingerprint density at radius 3 is 2.91 bits per heavy atom. The topological polar surface area (TPSA) is 81.7 Å². The van der Waals surface area contributed by atoms with E-state index in [-0.39, 0.29) is 42.9 Å². The number of hydrogen-bond donors (Lipinski definition) is 2. The molecule has 2 aromatic heterocycles. The van der Waals surface area contributed by atoms with Crippen LogP contribution in [0, 0.1) is 0 Å². The molecule has 0 aliphatic carbocycles. The molecule has 128 valence electrons. The summed E-state index contributed by atoms with van der Waals surface area (Å²) in [6.45, 7) is 1.04. The summed E-state index contributed by atoms with van der Waals surface area (Å²) in [5.41, 5.74) is 7.43. The number of hydrogen-bond acceptors (Lipinski definition) is 4. The minimum Gasteiger partial charge on any atom is -0.364 e. The van der Waals surface area contributed by atoms with E-state index in [1.807, 2.05) is 35.0 Å². The van der Waals surface area contributed by atoms with Gasteiger partial charge in [0, 0.05) is 31.9 Å². The van der Waals surface area contributed by atoms with Crippen LogP contribution in [0.15, 0.2) is 30.6 Å². The van der Waals surface area contributed by atoms with Crippen LogP contribution in [-0.2, 0) is 16.0 Å². The fraction of sp³-hybridized carbons (Fsp3) is 0.467. The molecular weight excluding hydrogens is 339 g/mol. The molecule has 0 saturated carbocycles. The number of carbonyl (C=O) groups excluding carboxylic acids is 1. The van der Waals surface area contributed by atoms with Crippen LogP contribution in [0.4, 0.5) is 0 Å². The molecule has 1 aliphatic rings. The van der Waals surface area contributed by atoms with Gasteiger partial charge in [-0.2, -0.15) is 0 Å². The summed E-state index contributed by atoms with van der Waals surface area (Å²) in [4.78, 5) is 16.5. The minimum atomic E-state index is -0.348. The van der Waals surface area contributed by atoms with Crippen LogP contribution in [0.1, 0.15) is 18.5 Å². The highest BCUT2D eigenvalue weighted by molar-refractivity contribution is 5.85. The number of halogens is 2. The van der Waals surface area contributed by atoms with E-state index in [0.717, 1.165) is 24.2 Å². The maximum atomic E-state index is 12.0. The number of imidazole rings is 1. The third-order valence-electron chi connectivity index (χ3n) is 3.76. The summed E-state index contributed by atoms with van der Waals surface area (Å²) >= 11 is 0. The number of ether oxygens (including phenoxy) is 1. The molecule has 3 heterocycles. The Morgan fingerprint density at radius 1 is 1.39 bits per heavy atom. The van der Waals surface area contributed by atoms with Crippen molar-refractivity contribution in [2.45, 2.75) is 31.5 Å². The number of aromatic nitrogens is 2. The number of rotatable bonds is 5. The van der Waals surface area contributed by atoms with E-state index in [9.17, 15) is 4.79 Å². The first-order valence-electron chi connectivity index (χ1n) is 7.32. The molecule has 0 radical (unpaired) electrons. The quantitative estimate of drug-likeness (QED) is 0.842. The zero-order chi connectivity index (χ0) is 14.7. The Bertz CT molecular complexity index is 602. The molecule has 2 aromatic rings. The maximum Gasteiger partial charge on any atom is 0.249 e. The zero-order valence-corrected chi connectivity index (χ0v) is 14.3. The zero-order valence-electron chi connectivity index (χ0n) is 12.7. The average Bonchev–Trinajstić information content (AvgIpc) is 3.13. The monoisotopic (exact) mass is 360 g/mol. The highest BCUT2D eigenvalue weighted by atomic mass is 35.5. The van der Waals surface area contributed by atoms with Gasteiger partial charge in [0.2, 0.25) is 5.91 Å². The molecule has 23 heavy (non-hydrogen) atoms. The van der Waals surface area contributed by atoms with Gasteiger partial charge in [-0.15, -0.1) is 24.8 Å². The lowest BCUT2D eigenvalue weighted by Crippen LogP contribution is -2.36. The van der Waals surface area contributed by atoms with Gasteiger partial charge in [-0.25, -0.2) is 4.98 Å². The van der Waals surface area contributed by atoms with E-state index in [0.29, 0.717) is 19.5 Å². The maximum absolute atomic E-state index is 12.0. The van der Waals surface area contributed by atoms with Gasteiger partial charge in [0.05, 0.1) is 11.8 Å². The highest BCUT2D eigenvalue weighted by Crippen LogP contribution is 2.18. The van der Waals surface area contributed by atoms with Gasteiger partial charge in [0.1, 0.15) is 11.8 Å². The number of fused-ring (bicyclic) bond motifs is 1. The van der Waals surface area contributed by atoms with Crippen molar-refractivity contribution in [3.05, 3.63) is 36.3 Å². The number of carbonyl (C=O) groups is 1. The molecule has 0 spiro atoms. The predicted molar refractivity (Wildman–Crippen MR) is 93.4 cm³/mol. The number of nitrogens with two attached hydrogens (primary N) is 1. The van der Waals surface area contributed by atoms with E-state index < -0.39 is 0 Å². The van der Waals surface area contributed by atoms with Crippen LogP contribution in [0.5, 0.6) is 0 Å². The van der Waals surface area contributed by atoms with Crippen molar-refractivity contribution in [1.29, 1.82) is 0 Å². The summed E-state index contributed by atoms with van der Waals surface area (Å²) in [7, 11) is 0. The first kappa shape index (κ1) is 19.7. The van der Waals surface area contributed by atoms with E-state index in [4.69, 9.17) is 10.5 Å². The molecular formula is C15H22Cl2N4O2. The molecule has 0 aromatic carbocycles. The number of nitrogens with zero attached hydrogens (tertiary/aromatic N) is 2. The van der Waals surface area contributed by atoms with E-state index >= 15 is 0 Å². The second-order valence-corrected chi connectivity index (χ2v) is 5.30. The van der Waals surface area contributed by atoms with Gasteiger partial charge in [-0.05, 0) is 25.0 Å². The van der Waals surface area contributed by atoms with E-state index in [1.165, 1.54) is 0 Å². The molecule has 0 unspecified atom stereocenters. The number of nitrogens with one attached hydrogen (secondary N) is 1. The fourth-order valence-corrected chi connectivity index (χ4v) is 2.61. The smallest absolute Gasteiger partial charge is 0.249 e. The molecule has 1 aliphatic heterocycles. The Hall–Kier alpha value is -1.34. The van der Waals surface area contributed by atoms with Crippen molar-refractivity contribution in [1.82, 2.24) is 14.7 Å². The van der Waals surface area contributed by atoms with Gasteiger partial charge < -0.3 is 20.2 Å². The lowest BCUT2D eigenvalue weighted by Gasteiger charge is -2.12. The molecule has 1 saturated heterocycles. The van der Waals surface area contributed by atoms with Gasteiger partial charge >= 0.3 is 0 Å². The van der Waals surface area contributed by atoms with Crippen LogP contribution < -0.4 is 11.1 Å². The fourth-order valence-electron chi connectivity index (χ4n) is 2.61. The van der Waals surface area contributed by atoms with E-state index in [1.54, 1.807) is 0 Å². The molecule has 0 bridgehead atoms. The lowest BCUT2D eigenvalue weighted by molar-refractivity contribution is -0.131. The number of pyridine rings is 1. The largest absolute Gasteiger partial charge is 0.364 e. The van der Waals surface area contributed by atoms with Gasteiger partial charge in [0.15, 0.2) is 0 Å². The Labute approximate surface area is 147 Å². The molecule has 1 amide bonds. The molecule has 8 heteroatoms. The lowest BCUT2D eigenvalue weighted by atomic mass is 10.2. The van der Waals surface area contributed by atoms with Crippen molar-refractivity contribution >= 4 is 36.4 Å². The Kier molecular flexibility index (Phi) is 7.78. The van der Waals surface area contributed by atoms with Crippen LogP contribution in [0.2, 0.25) is 0 Å². The molecule has 3 rings (SSSR count). The first-order valence-corrected chi connectivity index (χ1v) is 7.32. The Morgan fingerprint density at radius 2 is 2.22 bits per heavy atom. The van der Waals surface area contributed by atoms with Gasteiger partial charge in [-0.1, -0.05) is 6.07 Å². The van der Waals surface area contributed by atoms with Crippen molar-refractivity contribution in [2.24, 2.45) is 5.73 Å². The normalized spacial score (nSPS) is 19.9. The van der Waals surface area contributed by atoms with Crippen LogP contribution >= 0.6 is 24.8 Å². The van der Waals surface area contributed by atoms with Crippen molar-refractivity contribution in [3.63, 3.8) is 0 Å². The second-order valence-electron chi connectivity index (χ2n) is 5.30. The average molecular weight is 361 g/mol. The standard InChI is InChI=1S/C15H20N4O2.2ClH/c16-9-12-4-5-13(21-12)15(20)17-7-6-11-10-19-8-2-1-3-14(19)18-11;;/h1-3,8,10,12-13H,4-7,9,16H2,(H,17,20);2*1H/t12-,13+;;/m1../s1. The molecule has 3 N–H and O–H groups in total. The third kappa shape index (κ3) is 4.81. The Balaban J connectivity index is 0.00000132. The molecule has 2 atom stereocenters. The molecule has 1 fully saturated rings. The minimum absolute atomic E-state index is 0. The summed E-state index contributed by atoms with van der Waals surface area (Å²) in [5.74, 6) is -0.0466. The van der Waals surface area contributed by atoms with Crippen LogP contribution in [-0.4, -0.2) is 40.6 Å². The summed E-state index contributed by atoms with van der Waals surface area (Å²) in [5, 5.41) is 2.91. The first-order chi connectivity index (χ1) is 10.3. The van der Waals surface area contributed by atoms with Crippen molar-refractivity contribution in [2.75, 3.05) is 13.1 Å². The van der Waals surface area contributed by atoms with Gasteiger partial charge in [0.25, 0.3) is 0 Å². The second kappa shape index (κ2) is 9.08. The van der Waals surface area contributed by atoms with Gasteiger partial charge in [-0.3, -0.25) is 4.79 Å². The summed E-state index contributed by atoms with van der Waals surface area (Å²) < 4.78 is 7.54. The van der Waals surface area contributed by atoms with Crippen molar-refractivity contribution in [3.8, 4) is 0 Å². The van der Waals surface area contributed by atoms with Crippen LogP contribution in [0.25, 0.3) is 5.65 Å². The van der Waals surface area contributed by atoms with Crippen molar-refractivity contribution < 1.29 is 9.53 Å². The van der Waals surface area contributed by atoms with E-state index in [2.05, 4.69) is 10.3 Å². The predicted octanol–water partition coefficient (Wildman–Crippen LogP) is 1.34. The molecule has 6 nitrogen and oxygen atoms in total.